The minimum absolute atomic E-state index is 0.472. The molecule has 0 fully saturated rings. The van der Waals surface area contributed by atoms with Crippen LogP contribution < -0.4 is 9.75 Å². The van der Waals surface area contributed by atoms with E-state index in [0.29, 0.717) is 28.9 Å². The fraction of sp³-hybridized carbons (Fsp3) is 0.0556. The summed E-state index contributed by atoms with van der Waals surface area (Å²) in [4.78, 5) is 26.3. The van der Waals surface area contributed by atoms with Crippen molar-refractivity contribution >= 4 is 113 Å². The molecule has 0 unspecified atom stereocenters. The summed E-state index contributed by atoms with van der Waals surface area (Å²) in [6.45, 7) is 2.06. The molecule has 0 atom stereocenters. The second-order valence-corrected chi connectivity index (χ2v) is 18.5. The lowest BCUT2D eigenvalue weighted by molar-refractivity contribution is 1.04. The van der Waals surface area contributed by atoms with Gasteiger partial charge in [0.25, 0.3) is 0 Å². The number of hydrogen-bond donors (Lipinski definition) is 0. The molecule has 1 aliphatic carbocycles. The maximum Gasteiger partial charge on any atom is 0.173 e. The molecule has 6 aromatic carbocycles. The van der Waals surface area contributed by atoms with Crippen molar-refractivity contribution < 1.29 is 0 Å². The maximum absolute atomic E-state index is 6.48. The fourth-order valence-corrected chi connectivity index (χ4v) is 12.4. The molecule has 11 aromatic rings. The van der Waals surface area contributed by atoms with E-state index in [1.54, 1.807) is 34.0 Å². The third kappa shape index (κ3) is 5.93. The predicted molar refractivity (Wildman–Crippen MR) is 264 cm³/mol. The van der Waals surface area contributed by atoms with Gasteiger partial charge in [-0.05, 0) is 79.1 Å². The Balaban J connectivity index is 1.11. The van der Waals surface area contributed by atoms with Crippen molar-refractivity contribution in [3.63, 3.8) is 0 Å². The second kappa shape index (κ2) is 14.8. The Hall–Kier alpha value is -7.15. The number of fused-ring (bicyclic) bond motifs is 8. The van der Waals surface area contributed by atoms with E-state index < -0.39 is 0 Å². The maximum atomic E-state index is 6.48. The fourth-order valence-electron chi connectivity index (χ4n) is 8.79. The van der Waals surface area contributed by atoms with Gasteiger partial charge in [0.1, 0.15) is 0 Å². The highest BCUT2D eigenvalue weighted by atomic mass is 32.1. The topological polar surface area (TPSA) is 64.5 Å². The van der Waals surface area contributed by atoms with Gasteiger partial charge in [0, 0.05) is 72.5 Å². The van der Waals surface area contributed by atoms with Crippen molar-refractivity contribution in [3.8, 4) is 46.5 Å². The van der Waals surface area contributed by atoms with Crippen molar-refractivity contribution in [1.29, 1.82) is 0 Å². The molecule has 0 amide bonds. The Kier molecular flexibility index (Phi) is 8.75. The molecule has 5 nitrogen and oxygen atoms in total. The van der Waals surface area contributed by atoms with E-state index >= 15 is 0 Å². The highest BCUT2D eigenvalue weighted by molar-refractivity contribution is 7.26. The number of aromatic nitrogens is 5. The molecular weight excluding hydrogens is 815 g/mol. The second-order valence-electron chi connectivity index (χ2n) is 15.3. The molecule has 0 spiro atoms. The number of thiophene rings is 3. The van der Waals surface area contributed by atoms with E-state index in [-0.39, 0.29) is 0 Å². The number of nitrogens with zero attached hydrogens (tertiary/aromatic N) is 5. The summed E-state index contributed by atoms with van der Waals surface area (Å²) in [7, 11) is 0. The van der Waals surface area contributed by atoms with E-state index in [4.69, 9.17) is 31.3 Å². The average Bonchev–Trinajstić information content (AvgIpc) is 4.02. The summed E-state index contributed by atoms with van der Waals surface area (Å²) in [5.41, 5.74) is 6.46. The molecule has 12 rings (SSSR count). The summed E-state index contributed by atoms with van der Waals surface area (Å²) < 4.78 is 6.79. The van der Waals surface area contributed by atoms with Gasteiger partial charge in [0.2, 0.25) is 0 Å². The normalized spacial score (nSPS) is 13.8. The predicted octanol–water partition coefficient (Wildman–Crippen LogP) is 13.1. The van der Waals surface area contributed by atoms with Crippen LogP contribution in [0.5, 0.6) is 0 Å². The lowest BCUT2D eigenvalue weighted by Gasteiger charge is -2.12. The van der Waals surface area contributed by atoms with Gasteiger partial charge in [0.15, 0.2) is 23.3 Å². The van der Waals surface area contributed by atoms with Crippen LogP contribution in [-0.2, 0) is 0 Å². The third-order valence-electron chi connectivity index (χ3n) is 11.7. The molecule has 1 aliphatic rings. The van der Waals surface area contributed by atoms with Crippen molar-refractivity contribution in [1.82, 2.24) is 24.9 Å². The van der Waals surface area contributed by atoms with Crippen molar-refractivity contribution in [3.05, 3.63) is 167 Å². The largest absolute Gasteiger partial charge is 0.228 e. The first-order chi connectivity index (χ1) is 30.6. The third-order valence-corrected chi connectivity index (χ3v) is 15.2. The number of allylic oxidation sites excluding steroid dienone is 4. The summed E-state index contributed by atoms with van der Waals surface area (Å²) in [5.74, 6) is 5.35. The molecule has 0 aliphatic heterocycles. The molecule has 292 valence electrons. The number of hydrogen-bond acceptors (Lipinski definition) is 8. The summed E-state index contributed by atoms with van der Waals surface area (Å²) in [6.07, 6.45) is 17.4. The Morgan fingerprint density at radius 1 is 0.597 bits per heavy atom. The first-order valence-electron chi connectivity index (χ1n) is 20.6. The zero-order valence-corrected chi connectivity index (χ0v) is 35.8. The van der Waals surface area contributed by atoms with Crippen LogP contribution in [0.4, 0.5) is 0 Å². The van der Waals surface area contributed by atoms with Gasteiger partial charge in [0.05, 0.1) is 21.3 Å². The van der Waals surface area contributed by atoms with Gasteiger partial charge >= 0.3 is 0 Å². The zero-order chi connectivity index (χ0) is 41.3. The average molecular weight is 848 g/mol. The molecule has 62 heavy (non-hydrogen) atoms. The highest BCUT2D eigenvalue weighted by Gasteiger charge is 2.21. The first-order valence-corrected chi connectivity index (χ1v) is 23.0. The minimum atomic E-state index is 0.472. The van der Waals surface area contributed by atoms with Gasteiger partial charge in [-0.25, -0.2) is 24.9 Å². The van der Waals surface area contributed by atoms with Gasteiger partial charge < -0.3 is 0 Å². The van der Waals surface area contributed by atoms with Gasteiger partial charge in [-0.1, -0.05) is 109 Å². The molecule has 0 radical (unpaired) electrons. The van der Waals surface area contributed by atoms with E-state index in [2.05, 4.69) is 158 Å². The summed E-state index contributed by atoms with van der Waals surface area (Å²) in [6, 6.07) is 44.6. The van der Waals surface area contributed by atoms with Crippen LogP contribution in [0.25, 0.3) is 113 Å². The van der Waals surface area contributed by atoms with Gasteiger partial charge in [-0.3, -0.25) is 0 Å². The quantitative estimate of drug-likeness (QED) is 0.161. The standard InChI is InChI=1S/C54H33N5S3/c1-3-33-35-18-9-12-25-43(35)61-49(33)34(4-2)52-57-51(58-54(59-52)40-23-14-21-37-36-19-10-13-26-44(36)62-50(37)40)32-28-29-45-41(30-32)47-39(22-15-27-46(47)60-45)53-55-42-24-11-8-20-38(42)48(56-53)31-16-6-5-7-17-31/h2-3,6,8-30H,5,7H2,1H3/b33-3-,49-34-. The van der Waals surface area contributed by atoms with Crippen LogP contribution in [0, 0.1) is 12.3 Å². The van der Waals surface area contributed by atoms with Crippen molar-refractivity contribution in [2.24, 2.45) is 0 Å². The first kappa shape index (κ1) is 36.7. The van der Waals surface area contributed by atoms with E-state index in [0.717, 1.165) is 96.4 Å². The SMILES string of the molecule is C#C/C(c1nc(-c2ccc3sc4cccc(-c5nc(C6=CCCC=C6)c6ccccc6n5)c4c3c2)nc(-c2cccc3c2sc2ccccc23)n1)=c1/sc2ccccc2/c1=C/C. The monoisotopic (exact) mass is 847 g/mol. The molecule has 0 saturated heterocycles. The van der Waals surface area contributed by atoms with Crippen molar-refractivity contribution in [2.45, 2.75) is 19.8 Å². The Morgan fingerprint density at radius 2 is 1.31 bits per heavy atom. The minimum Gasteiger partial charge on any atom is -0.228 e. The number of benzene rings is 6. The summed E-state index contributed by atoms with van der Waals surface area (Å²) in [5, 5.41) is 7.89. The smallest absolute Gasteiger partial charge is 0.173 e. The summed E-state index contributed by atoms with van der Waals surface area (Å²) >= 11 is 5.20. The Labute approximate surface area is 368 Å². The number of rotatable bonds is 5. The van der Waals surface area contributed by atoms with Crippen LogP contribution in [0.2, 0.25) is 0 Å². The number of terminal acetylenes is 1. The molecule has 0 N–H and O–H groups in total. The van der Waals surface area contributed by atoms with Crippen LogP contribution in [0.3, 0.4) is 0 Å². The zero-order valence-electron chi connectivity index (χ0n) is 33.4. The molecule has 5 heterocycles. The molecular formula is C54H33N5S3. The van der Waals surface area contributed by atoms with Crippen LogP contribution in [-0.4, -0.2) is 24.9 Å². The molecule has 8 heteroatoms. The van der Waals surface area contributed by atoms with Crippen LogP contribution in [0.15, 0.2) is 146 Å². The Bertz CT molecular complexity index is 3910. The molecule has 0 bridgehead atoms. The van der Waals surface area contributed by atoms with E-state index in [9.17, 15) is 0 Å². The lowest BCUT2D eigenvalue weighted by atomic mass is 9.99. The highest BCUT2D eigenvalue weighted by Crippen LogP contribution is 2.43. The van der Waals surface area contributed by atoms with Gasteiger partial charge in [-0.15, -0.1) is 40.4 Å². The van der Waals surface area contributed by atoms with Crippen LogP contribution in [0.1, 0.15) is 31.3 Å². The van der Waals surface area contributed by atoms with Crippen molar-refractivity contribution in [2.75, 3.05) is 0 Å². The molecule has 5 aromatic heterocycles. The number of para-hydroxylation sites is 1. The van der Waals surface area contributed by atoms with Gasteiger partial charge in [-0.2, -0.15) is 0 Å². The molecule has 0 saturated carbocycles. The van der Waals surface area contributed by atoms with E-state index in [1.165, 1.54) is 15.5 Å². The Morgan fingerprint density at radius 3 is 2.15 bits per heavy atom. The van der Waals surface area contributed by atoms with E-state index in [1.807, 2.05) is 6.07 Å². The van der Waals surface area contributed by atoms with Crippen LogP contribution >= 0.6 is 34.0 Å². The lowest BCUT2D eigenvalue weighted by Crippen LogP contribution is -2.22.